The lowest BCUT2D eigenvalue weighted by Crippen LogP contribution is -1.81. The van der Waals surface area contributed by atoms with Crippen LogP contribution in [0.3, 0.4) is 0 Å². The highest BCUT2D eigenvalue weighted by Gasteiger charge is 2.09. The number of hydrogen-bond acceptors (Lipinski definition) is 4. The number of aryl methyl sites for hydroxylation is 2. The molecule has 0 aromatic carbocycles. The molecule has 0 aliphatic heterocycles. The molecule has 94 valence electrons. The van der Waals surface area contributed by atoms with Gasteiger partial charge in [-0.25, -0.2) is 15.0 Å². The first kappa shape index (κ1) is 12.7. The van der Waals surface area contributed by atoms with Crippen molar-refractivity contribution in [1.82, 2.24) is 19.5 Å². The smallest absolute Gasteiger partial charge is 0.116 e. The van der Waals surface area contributed by atoms with Gasteiger partial charge in [0.05, 0.1) is 32.8 Å². The van der Waals surface area contributed by atoms with Gasteiger partial charge in [-0.3, -0.25) is 0 Å². The van der Waals surface area contributed by atoms with Gasteiger partial charge in [-0.05, 0) is 13.0 Å². The average Bonchev–Trinajstić information content (AvgIpc) is 2.98. The van der Waals surface area contributed by atoms with Crippen LogP contribution in [-0.2, 0) is 7.05 Å². The lowest BCUT2D eigenvalue weighted by atomic mass is 10.3. The standard InChI is InChI=1S/C11H10N4S.C2H6/c1-7-11-8(13-5-12-7)3-10(16-11)9-4-15(2)6-14-9;1-2/h3-6H,1-2H3;1-2H3. The highest BCUT2D eigenvalue weighted by atomic mass is 32.1. The molecule has 0 amide bonds. The molecule has 3 aromatic heterocycles. The van der Waals surface area contributed by atoms with Gasteiger partial charge in [0.25, 0.3) is 0 Å². The first-order chi connectivity index (χ1) is 8.74. The van der Waals surface area contributed by atoms with Gasteiger partial charge in [-0.1, -0.05) is 13.8 Å². The summed E-state index contributed by atoms with van der Waals surface area (Å²) >= 11 is 1.69. The molecule has 3 rings (SSSR count). The van der Waals surface area contributed by atoms with Crippen molar-refractivity contribution in [3.05, 3.63) is 30.6 Å². The Kier molecular flexibility index (Phi) is 3.72. The van der Waals surface area contributed by atoms with Gasteiger partial charge in [-0.2, -0.15) is 0 Å². The molecule has 0 bridgehead atoms. The minimum Gasteiger partial charge on any atom is -0.340 e. The van der Waals surface area contributed by atoms with Crippen LogP contribution in [0.4, 0.5) is 0 Å². The van der Waals surface area contributed by atoms with Crippen molar-refractivity contribution in [3.63, 3.8) is 0 Å². The Morgan fingerprint density at radius 2 is 1.94 bits per heavy atom. The fraction of sp³-hybridized carbons (Fsp3) is 0.308. The molecule has 3 aromatic rings. The van der Waals surface area contributed by atoms with E-state index < -0.39 is 0 Å². The molecule has 0 aliphatic carbocycles. The van der Waals surface area contributed by atoms with Gasteiger partial charge in [0.1, 0.15) is 6.33 Å². The van der Waals surface area contributed by atoms with E-state index in [-0.39, 0.29) is 0 Å². The zero-order valence-electron chi connectivity index (χ0n) is 11.0. The summed E-state index contributed by atoms with van der Waals surface area (Å²) in [6.45, 7) is 6.00. The number of rotatable bonds is 1. The molecule has 3 heterocycles. The minimum atomic E-state index is 0.991. The Morgan fingerprint density at radius 3 is 2.56 bits per heavy atom. The Hall–Kier alpha value is -1.75. The quantitative estimate of drug-likeness (QED) is 0.673. The van der Waals surface area contributed by atoms with Crippen LogP contribution in [0.15, 0.2) is 24.9 Å². The van der Waals surface area contributed by atoms with Crippen molar-refractivity contribution in [2.45, 2.75) is 20.8 Å². The second-order valence-corrected chi connectivity index (χ2v) is 4.76. The van der Waals surface area contributed by atoms with E-state index in [1.54, 1.807) is 24.0 Å². The van der Waals surface area contributed by atoms with Crippen LogP contribution in [-0.4, -0.2) is 19.5 Å². The third-order valence-corrected chi connectivity index (χ3v) is 3.70. The van der Waals surface area contributed by atoms with Gasteiger partial charge < -0.3 is 4.57 Å². The highest BCUT2D eigenvalue weighted by Crippen LogP contribution is 2.32. The van der Waals surface area contributed by atoms with E-state index in [2.05, 4.69) is 21.0 Å². The molecule has 0 radical (unpaired) electrons. The SMILES string of the molecule is CC.Cc1ncnc2cc(-c3cn(C)cn3)sc12. The molecule has 5 heteroatoms. The number of nitrogens with zero attached hydrogens (tertiary/aromatic N) is 4. The number of thiophene rings is 1. The highest BCUT2D eigenvalue weighted by molar-refractivity contribution is 7.22. The zero-order valence-corrected chi connectivity index (χ0v) is 11.8. The van der Waals surface area contributed by atoms with Crippen molar-refractivity contribution in [2.24, 2.45) is 7.05 Å². The minimum absolute atomic E-state index is 0.991. The molecular weight excluding hydrogens is 244 g/mol. The summed E-state index contributed by atoms with van der Waals surface area (Å²) in [5.41, 5.74) is 3.01. The molecule has 0 atom stereocenters. The lowest BCUT2D eigenvalue weighted by Gasteiger charge is -1.90. The normalized spacial score (nSPS) is 10.2. The third-order valence-electron chi connectivity index (χ3n) is 2.45. The Morgan fingerprint density at radius 1 is 1.17 bits per heavy atom. The maximum Gasteiger partial charge on any atom is 0.116 e. The maximum absolute atomic E-state index is 4.34. The predicted octanol–water partition coefficient (Wildman–Crippen LogP) is 3.43. The van der Waals surface area contributed by atoms with Crippen LogP contribution < -0.4 is 0 Å². The lowest BCUT2D eigenvalue weighted by molar-refractivity contribution is 0.913. The van der Waals surface area contributed by atoms with Gasteiger partial charge >= 0.3 is 0 Å². The third kappa shape index (κ3) is 2.26. The number of imidazole rings is 1. The van der Waals surface area contributed by atoms with E-state index >= 15 is 0 Å². The summed E-state index contributed by atoms with van der Waals surface area (Å²) in [7, 11) is 1.97. The fourth-order valence-electron chi connectivity index (χ4n) is 1.64. The Bertz CT molecular complexity index is 654. The van der Waals surface area contributed by atoms with E-state index in [1.165, 1.54) is 0 Å². The number of fused-ring (bicyclic) bond motifs is 1. The zero-order chi connectivity index (χ0) is 13.1. The van der Waals surface area contributed by atoms with Crippen molar-refractivity contribution in [2.75, 3.05) is 0 Å². The Balaban J connectivity index is 0.000000574. The fourth-order valence-corrected chi connectivity index (χ4v) is 2.66. The molecule has 0 saturated carbocycles. The molecule has 0 N–H and O–H groups in total. The van der Waals surface area contributed by atoms with E-state index in [9.17, 15) is 0 Å². The van der Waals surface area contributed by atoms with E-state index in [1.807, 2.05) is 38.6 Å². The monoisotopic (exact) mass is 260 g/mol. The van der Waals surface area contributed by atoms with Crippen molar-refractivity contribution in [3.8, 4) is 10.6 Å². The summed E-state index contributed by atoms with van der Waals surface area (Å²) in [5, 5.41) is 0. The van der Waals surface area contributed by atoms with E-state index in [0.717, 1.165) is 26.5 Å². The largest absolute Gasteiger partial charge is 0.340 e. The molecule has 0 unspecified atom stereocenters. The average molecular weight is 260 g/mol. The van der Waals surface area contributed by atoms with Crippen molar-refractivity contribution < 1.29 is 0 Å². The van der Waals surface area contributed by atoms with Crippen LogP contribution in [0.1, 0.15) is 19.5 Å². The summed E-state index contributed by atoms with van der Waals surface area (Å²) in [6.07, 6.45) is 5.41. The summed E-state index contributed by atoms with van der Waals surface area (Å²) < 4.78 is 3.08. The molecule has 0 fully saturated rings. The van der Waals surface area contributed by atoms with Gasteiger partial charge in [0.2, 0.25) is 0 Å². The maximum atomic E-state index is 4.34. The van der Waals surface area contributed by atoms with Crippen LogP contribution in [0.2, 0.25) is 0 Å². The molecule has 0 aliphatic rings. The van der Waals surface area contributed by atoms with Gasteiger partial charge in [0, 0.05) is 13.2 Å². The molecule has 0 saturated heterocycles. The molecule has 4 nitrogen and oxygen atoms in total. The summed E-state index contributed by atoms with van der Waals surface area (Å²) in [5.74, 6) is 0. The van der Waals surface area contributed by atoms with Crippen LogP contribution in [0.25, 0.3) is 20.8 Å². The summed E-state index contributed by atoms with van der Waals surface area (Å²) in [6, 6.07) is 2.07. The van der Waals surface area contributed by atoms with E-state index in [0.29, 0.717) is 0 Å². The number of aromatic nitrogens is 4. The van der Waals surface area contributed by atoms with Crippen LogP contribution >= 0.6 is 11.3 Å². The first-order valence-electron chi connectivity index (χ1n) is 5.93. The summed E-state index contributed by atoms with van der Waals surface area (Å²) in [4.78, 5) is 13.9. The van der Waals surface area contributed by atoms with Crippen molar-refractivity contribution >= 4 is 21.6 Å². The predicted molar refractivity (Wildman–Crippen MR) is 75.7 cm³/mol. The Labute approximate surface area is 110 Å². The molecular formula is C13H16N4S. The molecule has 0 spiro atoms. The van der Waals surface area contributed by atoms with Gasteiger partial charge in [-0.15, -0.1) is 11.3 Å². The topological polar surface area (TPSA) is 43.6 Å². The molecule has 18 heavy (non-hydrogen) atoms. The van der Waals surface area contributed by atoms with Crippen LogP contribution in [0, 0.1) is 6.92 Å². The van der Waals surface area contributed by atoms with Crippen LogP contribution in [0.5, 0.6) is 0 Å². The first-order valence-corrected chi connectivity index (χ1v) is 6.75. The van der Waals surface area contributed by atoms with E-state index in [4.69, 9.17) is 0 Å². The van der Waals surface area contributed by atoms with Gasteiger partial charge in [0.15, 0.2) is 0 Å². The van der Waals surface area contributed by atoms with Crippen molar-refractivity contribution in [1.29, 1.82) is 0 Å². The second-order valence-electron chi connectivity index (χ2n) is 3.71. The second kappa shape index (κ2) is 5.27. The number of hydrogen-bond donors (Lipinski definition) is 0.